The molecule has 0 saturated carbocycles. The second-order valence-electron chi connectivity index (χ2n) is 7.17. The molecule has 0 spiro atoms. The lowest BCUT2D eigenvalue weighted by atomic mass is 9.98. The maximum atomic E-state index is 12.4. The van der Waals surface area contributed by atoms with Gasteiger partial charge in [0.1, 0.15) is 0 Å². The largest absolute Gasteiger partial charge is 0.481 e. The van der Waals surface area contributed by atoms with Gasteiger partial charge in [-0.05, 0) is 50.7 Å². The fourth-order valence-corrected chi connectivity index (χ4v) is 3.73. The smallest absolute Gasteiger partial charge is 0.318 e. The summed E-state index contributed by atoms with van der Waals surface area (Å²) < 4.78 is 0. The van der Waals surface area contributed by atoms with Crippen LogP contribution in [0.2, 0.25) is 0 Å². The molecule has 2 fully saturated rings. The lowest BCUT2D eigenvalue weighted by molar-refractivity contribution is -0.136. The number of amides is 3. The van der Waals surface area contributed by atoms with Crippen molar-refractivity contribution >= 4 is 17.9 Å². The van der Waals surface area contributed by atoms with E-state index >= 15 is 0 Å². The first-order valence-electron chi connectivity index (χ1n) is 9.30. The summed E-state index contributed by atoms with van der Waals surface area (Å²) in [5.74, 6) is -1.24. The summed E-state index contributed by atoms with van der Waals surface area (Å²) in [4.78, 5) is 39.2. The van der Waals surface area contributed by atoms with E-state index in [0.29, 0.717) is 12.1 Å². The Morgan fingerprint density at radius 2 is 1.89 bits per heavy atom. The van der Waals surface area contributed by atoms with Crippen LogP contribution >= 0.6 is 0 Å². The predicted octanol–water partition coefficient (Wildman–Crippen LogP) is 1.05. The topological polar surface area (TPSA) is 102 Å². The Morgan fingerprint density at radius 3 is 2.52 bits per heavy atom. The van der Waals surface area contributed by atoms with Gasteiger partial charge in [0.15, 0.2) is 0 Å². The van der Waals surface area contributed by atoms with Crippen molar-refractivity contribution in [3.05, 3.63) is 35.4 Å². The van der Waals surface area contributed by atoms with Crippen LogP contribution in [0, 0.1) is 0 Å². The molecule has 1 aromatic carbocycles. The molecule has 2 saturated heterocycles. The van der Waals surface area contributed by atoms with Gasteiger partial charge in [0, 0.05) is 24.7 Å². The zero-order valence-electron chi connectivity index (χ0n) is 15.5. The summed E-state index contributed by atoms with van der Waals surface area (Å²) in [6.45, 7) is 2.63. The van der Waals surface area contributed by atoms with Crippen LogP contribution in [0.15, 0.2) is 24.3 Å². The number of carboxylic acids is 1. The molecule has 3 N–H and O–H groups in total. The summed E-state index contributed by atoms with van der Waals surface area (Å²) in [5.41, 5.74) is 1.47. The van der Waals surface area contributed by atoms with E-state index in [0.717, 1.165) is 31.5 Å². The van der Waals surface area contributed by atoms with E-state index in [-0.39, 0.29) is 37.0 Å². The van der Waals surface area contributed by atoms with Crippen molar-refractivity contribution in [3.8, 4) is 0 Å². The standard InChI is InChI=1S/C19H26N4O4/c1-22-10-7-15(8-11-22)23-16(12-21-19(23)27)13-2-4-14(5-3-13)18(26)20-9-6-17(24)25/h2-5,15-16H,6-12H2,1H3,(H,20,26)(H,21,27)(H,24,25). The van der Waals surface area contributed by atoms with Crippen LogP contribution in [0.25, 0.3) is 0 Å². The van der Waals surface area contributed by atoms with Crippen molar-refractivity contribution < 1.29 is 19.5 Å². The van der Waals surface area contributed by atoms with Crippen molar-refractivity contribution in [1.82, 2.24) is 20.4 Å². The van der Waals surface area contributed by atoms with Crippen LogP contribution in [0.1, 0.15) is 41.2 Å². The molecular formula is C19H26N4O4. The van der Waals surface area contributed by atoms with Crippen molar-refractivity contribution in [1.29, 1.82) is 0 Å². The summed E-state index contributed by atoms with van der Waals surface area (Å²) >= 11 is 0. The second-order valence-corrected chi connectivity index (χ2v) is 7.17. The number of urea groups is 1. The van der Waals surface area contributed by atoms with E-state index < -0.39 is 5.97 Å². The average molecular weight is 374 g/mol. The molecule has 146 valence electrons. The molecule has 8 heteroatoms. The van der Waals surface area contributed by atoms with Crippen molar-refractivity contribution in [2.45, 2.75) is 31.3 Å². The third kappa shape index (κ3) is 4.57. The first-order chi connectivity index (χ1) is 13.0. The highest BCUT2D eigenvalue weighted by molar-refractivity contribution is 5.94. The quantitative estimate of drug-likeness (QED) is 0.691. The van der Waals surface area contributed by atoms with Gasteiger partial charge >= 0.3 is 12.0 Å². The fraction of sp³-hybridized carbons (Fsp3) is 0.526. The number of rotatable bonds is 6. The molecule has 0 aromatic heterocycles. The minimum absolute atomic E-state index is 0.0231. The van der Waals surface area contributed by atoms with Gasteiger partial charge in [-0.2, -0.15) is 0 Å². The van der Waals surface area contributed by atoms with Gasteiger partial charge in [0.2, 0.25) is 0 Å². The Morgan fingerprint density at radius 1 is 1.22 bits per heavy atom. The molecule has 2 aliphatic heterocycles. The lowest BCUT2D eigenvalue weighted by Crippen LogP contribution is -2.45. The van der Waals surface area contributed by atoms with E-state index in [1.807, 2.05) is 17.0 Å². The Kier molecular flexibility index (Phi) is 5.95. The molecule has 0 aliphatic carbocycles. The second kappa shape index (κ2) is 8.39. The van der Waals surface area contributed by atoms with Gasteiger partial charge in [0.05, 0.1) is 12.5 Å². The number of carbonyl (C=O) groups excluding carboxylic acids is 2. The van der Waals surface area contributed by atoms with Crippen LogP contribution < -0.4 is 10.6 Å². The van der Waals surface area contributed by atoms with E-state index in [9.17, 15) is 14.4 Å². The SMILES string of the molecule is CN1CCC(N2C(=O)NCC2c2ccc(C(=O)NCCC(=O)O)cc2)CC1. The average Bonchev–Trinajstić information content (AvgIpc) is 3.03. The molecule has 27 heavy (non-hydrogen) atoms. The zero-order valence-corrected chi connectivity index (χ0v) is 15.5. The molecule has 0 bridgehead atoms. The Labute approximate surface area is 158 Å². The Bertz CT molecular complexity index is 698. The third-order valence-corrected chi connectivity index (χ3v) is 5.28. The highest BCUT2D eigenvalue weighted by Crippen LogP contribution is 2.30. The third-order valence-electron chi connectivity index (χ3n) is 5.28. The predicted molar refractivity (Wildman–Crippen MR) is 99.5 cm³/mol. The normalized spacial score (nSPS) is 21.1. The number of benzene rings is 1. The Balaban J connectivity index is 1.65. The molecule has 3 rings (SSSR count). The minimum atomic E-state index is -0.946. The van der Waals surface area contributed by atoms with Gasteiger partial charge in [0.25, 0.3) is 5.91 Å². The summed E-state index contributed by atoms with van der Waals surface area (Å²) in [5, 5.41) is 14.2. The van der Waals surface area contributed by atoms with E-state index in [1.54, 1.807) is 12.1 Å². The first-order valence-corrected chi connectivity index (χ1v) is 9.30. The van der Waals surface area contributed by atoms with Crippen LogP contribution in [-0.2, 0) is 4.79 Å². The molecule has 0 radical (unpaired) electrons. The van der Waals surface area contributed by atoms with Crippen LogP contribution in [0.3, 0.4) is 0 Å². The number of nitrogens with one attached hydrogen (secondary N) is 2. The highest BCUT2D eigenvalue weighted by atomic mass is 16.4. The van der Waals surface area contributed by atoms with Gasteiger partial charge in [-0.3, -0.25) is 9.59 Å². The molecule has 3 amide bonds. The minimum Gasteiger partial charge on any atom is -0.481 e. The number of carboxylic acid groups (broad SMARTS) is 1. The lowest BCUT2D eigenvalue weighted by Gasteiger charge is -2.37. The van der Waals surface area contributed by atoms with Crippen molar-refractivity contribution in [3.63, 3.8) is 0 Å². The number of nitrogens with zero attached hydrogens (tertiary/aromatic N) is 2. The van der Waals surface area contributed by atoms with Crippen LogP contribution in [-0.4, -0.2) is 72.1 Å². The number of carbonyl (C=O) groups is 3. The van der Waals surface area contributed by atoms with E-state index in [4.69, 9.17) is 5.11 Å². The van der Waals surface area contributed by atoms with E-state index in [2.05, 4.69) is 22.6 Å². The molecule has 1 unspecified atom stereocenters. The van der Waals surface area contributed by atoms with Gasteiger partial charge < -0.3 is 25.5 Å². The maximum absolute atomic E-state index is 12.4. The van der Waals surface area contributed by atoms with Gasteiger partial charge in [-0.15, -0.1) is 0 Å². The number of hydrogen-bond donors (Lipinski definition) is 3. The molecule has 8 nitrogen and oxygen atoms in total. The highest BCUT2D eigenvalue weighted by Gasteiger charge is 2.37. The molecule has 2 aliphatic rings. The van der Waals surface area contributed by atoms with Crippen LogP contribution in [0.4, 0.5) is 4.79 Å². The summed E-state index contributed by atoms with van der Waals surface area (Å²) in [7, 11) is 2.10. The molecule has 1 aromatic rings. The summed E-state index contributed by atoms with van der Waals surface area (Å²) in [6.07, 6.45) is 1.82. The number of piperidine rings is 1. The van der Waals surface area contributed by atoms with Gasteiger partial charge in [-0.25, -0.2) is 4.79 Å². The molecule has 1 atom stereocenters. The molecule has 2 heterocycles. The maximum Gasteiger partial charge on any atom is 0.318 e. The molecular weight excluding hydrogens is 348 g/mol. The zero-order chi connectivity index (χ0) is 19.4. The van der Waals surface area contributed by atoms with Crippen molar-refractivity contribution in [2.24, 2.45) is 0 Å². The summed E-state index contributed by atoms with van der Waals surface area (Å²) in [6, 6.07) is 7.37. The van der Waals surface area contributed by atoms with Gasteiger partial charge in [-0.1, -0.05) is 12.1 Å². The number of hydrogen-bond acceptors (Lipinski definition) is 4. The monoisotopic (exact) mass is 374 g/mol. The fourth-order valence-electron chi connectivity index (χ4n) is 3.73. The Hall–Kier alpha value is -2.61. The van der Waals surface area contributed by atoms with E-state index in [1.165, 1.54) is 0 Å². The first kappa shape index (κ1) is 19.2. The number of aliphatic carboxylic acids is 1. The van der Waals surface area contributed by atoms with Crippen molar-refractivity contribution in [2.75, 3.05) is 33.2 Å². The number of likely N-dealkylation sites (tertiary alicyclic amines) is 1. The van der Waals surface area contributed by atoms with Crippen LogP contribution in [0.5, 0.6) is 0 Å².